The summed E-state index contributed by atoms with van der Waals surface area (Å²) in [6.45, 7) is 6.19. The predicted octanol–water partition coefficient (Wildman–Crippen LogP) is 3.75. The van der Waals surface area contributed by atoms with Crippen molar-refractivity contribution in [2.24, 2.45) is 0 Å². The van der Waals surface area contributed by atoms with Crippen LogP contribution in [0.2, 0.25) is 0 Å². The minimum atomic E-state index is -3.51. The van der Waals surface area contributed by atoms with E-state index in [1.807, 2.05) is 24.0 Å². The first-order valence-electron chi connectivity index (χ1n) is 19.5. The van der Waals surface area contributed by atoms with Crippen LogP contribution in [-0.2, 0) is 32.7 Å². The third-order valence-electron chi connectivity index (χ3n) is 11.5. The van der Waals surface area contributed by atoms with E-state index in [0.29, 0.717) is 53.5 Å². The molecule has 1 unspecified atom stereocenters. The average Bonchev–Trinajstić information content (AvgIpc) is 3.71. The fourth-order valence-electron chi connectivity index (χ4n) is 8.17. The van der Waals surface area contributed by atoms with E-state index >= 15 is 4.39 Å². The van der Waals surface area contributed by atoms with Crippen LogP contribution >= 0.6 is 0 Å². The fourth-order valence-corrected chi connectivity index (χ4v) is 9.64. The van der Waals surface area contributed by atoms with Crippen LogP contribution < -0.4 is 15.5 Å². The topological polar surface area (TPSA) is 193 Å². The molecule has 5 aromatic rings. The Bertz CT molecular complexity index is 2580. The van der Waals surface area contributed by atoms with Gasteiger partial charge in [-0.15, -0.1) is 0 Å². The van der Waals surface area contributed by atoms with Crippen molar-refractivity contribution in [3.8, 4) is 11.4 Å². The van der Waals surface area contributed by atoms with E-state index in [1.54, 1.807) is 18.3 Å². The molecule has 0 radical (unpaired) electrons. The third kappa shape index (κ3) is 6.95. The number of hydrogen-bond acceptors (Lipinski definition) is 13. The number of benzene rings is 1. The number of fused-ring (bicyclic) bond motifs is 2. The molecule has 19 heteroatoms. The number of imide groups is 1. The SMILES string of the molecule is CC(C)n1nc(N2CCC(N(C)Cc3cc4c(cc3F)C(=O)N(C3CCC(=O)NC3=O)C4)CC2)c2cnc(Nc3ccnc(-c4cnn(S(=O)(=O)C5CC5)c4)n3)cc21. The molecule has 1 aliphatic carbocycles. The van der Waals surface area contributed by atoms with E-state index < -0.39 is 33.7 Å². The summed E-state index contributed by atoms with van der Waals surface area (Å²) < 4.78 is 43.7. The monoisotopic (exact) mass is 810 g/mol. The molecule has 9 rings (SSSR count). The van der Waals surface area contributed by atoms with Gasteiger partial charge in [0, 0.05) is 74.3 Å². The van der Waals surface area contributed by atoms with Gasteiger partial charge in [-0.05, 0) is 76.8 Å². The molecular weight excluding hydrogens is 768 g/mol. The lowest BCUT2D eigenvalue weighted by atomic mass is 10.0. The van der Waals surface area contributed by atoms with Crippen molar-refractivity contribution in [2.75, 3.05) is 30.4 Å². The molecule has 0 bridgehead atoms. The highest BCUT2D eigenvalue weighted by atomic mass is 32.2. The minimum Gasteiger partial charge on any atom is -0.354 e. The van der Waals surface area contributed by atoms with Crippen LogP contribution in [-0.4, -0.2) is 107 Å². The first-order valence-corrected chi connectivity index (χ1v) is 21.0. The van der Waals surface area contributed by atoms with Crippen LogP contribution in [0.4, 0.5) is 21.8 Å². The van der Waals surface area contributed by atoms with E-state index in [2.05, 4.69) is 49.3 Å². The summed E-state index contributed by atoms with van der Waals surface area (Å²) >= 11 is 0. The van der Waals surface area contributed by atoms with E-state index in [-0.39, 0.29) is 48.2 Å². The number of piperidine rings is 2. The molecule has 3 amide bonds. The number of rotatable bonds is 11. The highest BCUT2D eigenvalue weighted by Crippen LogP contribution is 2.34. The van der Waals surface area contributed by atoms with Crippen molar-refractivity contribution >= 4 is 56.1 Å². The molecule has 1 aromatic carbocycles. The number of hydrogen-bond donors (Lipinski definition) is 2. The second-order valence-electron chi connectivity index (χ2n) is 15.8. The Morgan fingerprint density at radius 1 is 1.02 bits per heavy atom. The normalized spacial score (nSPS) is 19.1. The summed E-state index contributed by atoms with van der Waals surface area (Å²) in [4.78, 5) is 56.8. The van der Waals surface area contributed by atoms with Gasteiger partial charge in [0.1, 0.15) is 23.5 Å². The molecule has 4 aliphatic rings. The molecule has 4 aromatic heterocycles. The van der Waals surface area contributed by atoms with Crippen LogP contribution in [0.25, 0.3) is 22.3 Å². The van der Waals surface area contributed by atoms with Gasteiger partial charge in [-0.3, -0.25) is 29.3 Å². The number of nitrogens with one attached hydrogen (secondary N) is 2. The van der Waals surface area contributed by atoms with Gasteiger partial charge < -0.3 is 15.1 Å². The zero-order valence-electron chi connectivity index (χ0n) is 32.3. The van der Waals surface area contributed by atoms with Crippen molar-refractivity contribution in [1.82, 2.24) is 49.0 Å². The number of aromatic nitrogens is 7. The summed E-state index contributed by atoms with van der Waals surface area (Å²) in [5.74, 6) is 0.534. The van der Waals surface area contributed by atoms with Crippen molar-refractivity contribution in [1.29, 1.82) is 0 Å². The summed E-state index contributed by atoms with van der Waals surface area (Å²) in [6, 6.07) is 6.19. The predicted molar refractivity (Wildman–Crippen MR) is 211 cm³/mol. The number of pyridine rings is 1. The van der Waals surface area contributed by atoms with Gasteiger partial charge in [-0.25, -0.2) is 27.8 Å². The lowest BCUT2D eigenvalue weighted by Crippen LogP contribution is -2.52. The Kier molecular flexibility index (Phi) is 9.45. The summed E-state index contributed by atoms with van der Waals surface area (Å²) in [6.07, 6.45) is 9.66. The fraction of sp³-hybridized carbons (Fsp3) is 0.436. The van der Waals surface area contributed by atoms with Crippen LogP contribution in [0.1, 0.15) is 79.9 Å². The van der Waals surface area contributed by atoms with Gasteiger partial charge in [-0.1, -0.05) is 0 Å². The lowest BCUT2D eigenvalue weighted by Gasteiger charge is -2.37. The number of halogens is 1. The van der Waals surface area contributed by atoms with E-state index in [9.17, 15) is 22.8 Å². The van der Waals surface area contributed by atoms with Crippen molar-refractivity contribution in [3.63, 3.8) is 0 Å². The van der Waals surface area contributed by atoms with Crippen LogP contribution in [0, 0.1) is 5.82 Å². The molecule has 58 heavy (non-hydrogen) atoms. The Labute approximate surface area is 333 Å². The summed E-state index contributed by atoms with van der Waals surface area (Å²) in [7, 11) is -1.52. The van der Waals surface area contributed by atoms with Gasteiger partial charge in [0.15, 0.2) is 11.6 Å². The summed E-state index contributed by atoms with van der Waals surface area (Å²) in [5.41, 5.74) is 2.83. The minimum absolute atomic E-state index is 0.0675. The lowest BCUT2D eigenvalue weighted by molar-refractivity contribution is -0.136. The molecule has 302 valence electrons. The number of amides is 3. The van der Waals surface area contributed by atoms with Gasteiger partial charge in [0.05, 0.1) is 34.1 Å². The first-order chi connectivity index (χ1) is 27.8. The Morgan fingerprint density at radius 3 is 2.55 bits per heavy atom. The van der Waals surface area contributed by atoms with Crippen molar-refractivity contribution < 1.29 is 27.2 Å². The van der Waals surface area contributed by atoms with Gasteiger partial charge in [-0.2, -0.15) is 14.3 Å². The maximum atomic E-state index is 15.5. The van der Waals surface area contributed by atoms with Crippen molar-refractivity contribution in [2.45, 2.75) is 88.8 Å². The zero-order valence-corrected chi connectivity index (χ0v) is 33.1. The maximum absolute atomic E-state index is 15.5. The Balaban J connectivity index is 0.859. The summed E-state index contributed by atoms with van der Waals surface area (Å²) in [5, 5.41) is 15.2. The molecule has 7 heterocycles. The zero-order chi connectivity index (χ0) is 40.5. The third-order valence-corrected chi connectivity index (χ3v) is 13.5. The molecular formula is C39H43FN12O5S. The van der Waals surface area contributed by atoms with Crippen molar-refractivity contribution in [3.05, 3.63) is 71.6 Å². The largest absolute Gasteiger partial charge is 0.354 e. The van der Waals surface area contributed by atoms with Gasteiger partial charge >= 0.3 is 0 Å². The maximum Gasteiger partial charge on any atom is 0.256 e. The van der Waals surface area contributed by atoms with E-state index in [0.717, 1.165) is 46.7 Å². The average molecular weight is 811 g/mol. The molecule has 0 spiro atoms. The molecule has 3 aliphatic heterocycles. The molecule has 2 saturated heterocycles. The molecule has 3 fully saturated rings. The quantitative estimate of drug-likeness (QED) is 0.184. The highest BCUT2D eigenvalue weighted by molar-refractivity contribution is 7.90. The smallest absolute Gasteiger partial charge is 0.256 e. The number of nitrogens with zero attached hydrogens (tertiary/aromatic N) is 10. The van der Waals surface area contributed by atoms with Gasteiger partial charge in [0.2, 0.25) is 11.8 Å². The Hall–Kier alpha value is -5.82. The molecule has 17 nitrogen and oxygen atoms in total. The Morgan fingerprint density at radius 2 is 1.81 bits per heavy atom. The van der Waals surface area contributed by atoms with Crippen LogP contribution in [0.3, 0.4) is 0 Å². The standard InChI is InChI=1S/C39H43FN12O5S/c1-22(2)52-32-16-34(44-33-8-11-41-36(45-33)25-17-43-51(21-25)58(56,57)27-4-5-27)42-18-29(32)37(47-52)49-12-9-26(10-13-49)48(3)19-24-14-23-20-50(39(55)28(23)15-30(24)40)31-6-7-35(53)46-38(31)54/h8,11,14-18,21-22,26-27,31H,4-7,9-10,12-13,19-20H2,1-3H3,(H,46,53,54)(H,41,42,44,45). The van der Waals surface area contributed by atoms with E-state index in [1.165, 1.54) is 23.4 Å². The number of carbonyl (C=O) groups is 3. The number of anilines is 3. The van der Waals surface area contributed by atoms with Crippen LogP contribution in [0.15, 0.2) is 49.1 Å². The second kappa shape index (κ2) is 14.5. The van der Waals surface area contributed by atoms with Crippen LogP contribution in [0.5, 0.6) is 0 Å². The molecule has 1 atom stereocenters. The highest BCUT2D eigenvalue weighted by Gasteiger charge is 2.40. The van der Waals surface area contributed by atoms with Gasteiger partial charge in [0.25, 0.3) is 15.9 Å². The second-order valence-corrected chi connectivity index (χ2v) is 17.9. The number of carbonyl (C=O) groups excluding carboxylic acids is 3. The molecule has 1 saturated carbocycles. The first kappa shape index (κ1) is 37.7. The van der Waals surface area contributed by atoms with E-state index in [4.69, 9.17) is 10.1 Å². The molecule has 2 N–H and O–H groups in total.